The predicted molar refractivity (Wildman–Crippen MR) is 81.7 cm³/mol. The zero-order chi connectivity index (χ0) is 14.7. The van der Waals surface area contributed by atoms with E-state index >= 15 is 0 Å². The molecule has 0 aromatic heterocycles. The van der Waals surface area contributed by atoms with Crippen molar-refractivity contribution in [1.29, 1.82) is 0 Å². The summed E-state index contributed by atoms with van der Waals surface area (Å²) in [4.78, 5) is 0.361. The fourth-order valence-corrected chi connectivity index (χ4v) is 4.31. The van der Waals surface area contributed by atoms with Crippen molar-refractivity contribution in [3.8, 4) is 0 Å². The van der Waals surface area contributed by atoms with E-state index in [0.29, 0.717) is 4.90 Å². The van der Waals surface area contributed by atoms with Crippen LogP contribution in [0.5, 0.6) is 0 Å². The molecule has 1 aromatic rings. The molecule has 0 saturated heterocycles. The molecule has 0 fully saturated rings. The van der Waals surface area contributed by atoms with Crippen molar-refractivity contribution < 1.29 is 13.2 Å². The fourth-order valence-electron chi connectivity index (χ4n) is 1.72. The van der Waals surface area contributed by atoms with E-state index < -0.39 is 17.9 Å². The number of rotatable bonds is 5. The Morgan fingerprint density at radius 3 is 2.16 bits per heavy atom. The Labute approximate surface area is 117 Å². The van der Waals surface area contributed by atoms with E-state index in [-0.39, 0.29) is 5.75 Å². The van der Waals surface area contributed by atoms with Crippen LogP contribution in [0.2, 0.25) is 19.6 Å². The lowest BCUT2D eigenvalue weighted by Gasteiger charge is -2.19. The van der Waals surface area contributed by atoms with Crippen molar-refractivity contribution in [3.05, 3.63) is 41.3 Å². The second-order valence-electron chi connectivity index (χ2n) is 5.62. The summed E-state index contributed by atoms with van der Waals surface area (Å²) in [6.45, 7) is 8.31. The normalized spacial score (nSPS) is 13.4. The van der Waals surface area contributed by atoms with Gasteiger partial charge in [0.15, 0.2) is 9.84 Å². The van der Waals surface area contributed by atoms with Gasteiger partial charge < -0.3 is 4.74 Å². The first-order valence-corrected chi connectivity index (χ1v) is 11.4. The maximum atomic E-state index is 12.2. The lowest BCUT2D eigenvalue weighted by Crippen LogP contribution is -2.26. The number of sulfone groups is 1. The molecule has 5 heteroatoms. The van der Waals surface area contributed by atoms with Gasteiger partial charge in [-0.15, -0.1) is 0 Å². The number of hydrogen-bond acceptors (Lipinski definition) is 3. The Morgan fingerprint density at radius 1 is 1.21 bits per heavy atom. The van der Waals surface area contributed by atoms with Gasteiger partial charge in [0.05, 0.1) is 23.1 Å². The van der Waals surface area contributed by atoms with E-state index in [2.05, 4.69) is 19.6 Å². The maximum absolute atomic E-state index is 12.2. The molecule has 0 aliphatic carbocycles. The third kappa shape index (κ3) is 4.51. The molecule has 0 aliphatic rings. The predicted octanol–water partition coefficient (Wildman–Crippen LogP) is 3.18. The van der Waals surface area contributed by atoms with Crippen LogP contribution in [0.4, 0.5) is 0 Å². The minimum atomic E-state index is -3.28. The van der Waals surface area contributed by atoms with Crippen LogP contribution in [0.3, 0.4) is 0 Å². The van der Waals surface area contributed by atoms with Gasteiger partial charge in [-0.3, -0.25) is 0 Å². The van der Waals surface area contributed by atoms with Gasteiger partial charge in [0.25, 0.3) is 0 Å². The highest BCUT2D eigenvalue weighted by molar-refractivity contribution is 7.91. The lowest BCUT2D eigenvalue weighted by molar-refractivity contribution is 0.315. The standard InChI is InChI=1S/C14H22O3SSi/c1-12-6-8-13(9-7-12)18(15,16)11-10-14(17-2)19(3,4)5/h6-10H,11H2,1-5H3/b14-10-. The highest BCUT2D eigenvalue weighted by Gasteiger charge is 2.22. The van der Waals surface area contributed by atoms with Crippen LogP contribution in [-0.4, -0.2) is 29.4 Å². The summed E-state index contributed by atoms with van der Waals surface area (Å²) in [5.74, 6) is -0.0104. The molecular weight excluding hydrogens is 276 g/mol. The van der Waals surface area contributed by atoms with Crippen LogP contribution >= 0.6 is 0 Å². The summed E-state index contributed by atoms with van der Waals surface area (Å²) in [7, 11) is -3.30. The molecule has 106 valence electrons. The van der Waals surface area contributed by atoms with E-state index in [1.807, 2.05) is 19.1 Å². The number of ether oxygens (including phenoxy) is 1. The summed E-state index contributed by atoms with van der Waals surface area (Å²) in [5.41, 5.74) is 1.05. The van der Waals surface area contributed by atoms with E-state index in [1.165, 1.54) is 0 Å². The van der Waals surface area contributed by atoms with Crippen LogP contribution in [0.25, 0.3) is 0 Å². The number of aryl methyl sites for hydroxylation is 1. The van der Waals surface area contributed by atoms with E-state index in [0.717, 1.165) is 10.9 Å². The molecule has 0 heterocycles. The van der Waals surface area contributed by atoms with Gasteiger partial charge in [0.1, 0.15) is 8.07 Å². The van der Waals surface area contributed by atoms with Crippen LogP contribution in [-0.2, 0) is 14.6 Å². The molecule has 0 saturated carbocycles. The Balaban J connectivity index is 2.98. The van der Waals surface area contributed by atoms with Crippen LogP contribution in [0.1, 0.15) is 5.56 Å². The molecule has 0 amide bonds. The van der Waals surface area contributed by atoms with E-state index in [4.69, 9.17) is 4.74 Å². The second kappa shape index (κ2) is 5.92. The third-order valence-electron chi connectivity index (χ3n) is 2.83. The summed E-state index contributed by atoms with van der Waals surface area (Å²) < 4.78 is 29.7. The van der Waals surface area contributed by atoms with Gasteiger partial charge >= 0.3 is 0 Å². The quantitative estimate of drug-likeness (QED) is 0.619. The summed E-state index contributed by atoms with van der Waals surface area (Å²) in [6.07, 6.45) is 1.71. The van der Waals surface area contributed by atoms with Crippen molar-refractivity contribution in [3.63, 3.8) is 0 Å². The Morgan fingerprint density at radius 2 is 1.74 bits per heavy atom. The second-order valence-corrected chi connectivity index (χ2v) is 12.6. The van der Waals surface area contributed by atoms with Gasteiger partial charge in [-0.2, -0.15) is 0 Å². The lowest BCUT2D eigenvalue weighted by atomic mass is 10.2. The number of hydrogen-bond donors (Lipinski definition) is 0. The Kier molecular flexibility index (Phi) is 4.98. The van der Waals surface area contributed by atoms with E-state index in [1.54, 1.807) is 25.3 Å². The van der Waals surface area contributed by atoms with Gasteiger partial charge in [-0.25, -0.2) is 8.42 Å². The van der Waals surface area contributed by atoms with Gasteiger partial charge in [0, 0.05) is 0 Å². The Bertz CT molecular complexity index is 551. The highest BCUT2D eigenvalue weighted by Crippen LogP contribution is 2.17. The van der Waals surface area contributed by atoms with E-state index in [9.17, 15) is 8.42 Å². The van der Waals surface area contributed by atoms with Gasteiger partial charge in [-0.1, -0.05) is 37.3 Å². The summed E-state index contributed by atoms with van der Waals surface area (Å²) >= 11 is 0. The topological polar surface area (TPSA) is 43.4 Å². The van der Waals surface area contributed by atoms with Crippen molar-refractivity contribution in [2.24, 2.45) is 0 Å². The van der Waals surface area contributed by atoms with Crippen LogP contribution in [0, 0.1) is 6.92 Å². The zero-order valence-corrected chi connectivity index (χ0v) is 14.0. The molecule has 0 atom stereocenters. The van der Waals surface area contributed by atoms with Gasteiger partial charge in [0.2, 0.25) is 0 Å². The van der Waals surface area contributed by atoms with Crippen molar-refractivity contribution in [2.45, 2.75) is 31.5 Å². The largest absolute Gasteiger partial charge is 0.507 e. The molecule has 1 rings (SSSR count). The number of methoxy groups -OCH3 is 1. The highest BCUT2D eigenvalue weighted by atomic mass is 32.2. The molecule has 3 nitrogen and oxygen atoms in total. The fraction of sp³-hybridized carbons (Fsp3) is 0.429. The van der Waals surface area contributed by atoms with Crippen molar-refractivity contribution >= 4 is 17.9 Å². The molecule has 0 radical (unpaired) electrons. The van der Waals surface area contributed by atoms with Crippen LogP contribution in [0.15, 0.2) is 40.6 Å². The average molecular weight is 298 g/mol. The van der Waals surface area contributed by atoms with Gasteiger partial charge in [-0.05, 0) is 25.1 Å². The average Bonchev–Trinajstić information content (AvgIpc) is 2.28. The Hall–Kier alpha value is -1.07. The molecule has 0 unspecified atom stereocenters. The monoisotopic (exact) mass is 298 g/mol. The first-order chi connectivity index (χ1) is 8.66. The summed E-state index contributed by atoms with van der Waals surface area (Å²) in [6, 6.07) is 6.93. The SMILES string of the molecule is CO/C(=C/CS(=O)(=O)c1ccc(C)cc1)[Si](C)(C)C. The molecule has 0 aliphatic heterocycles. The molecule has 1 aromatic carbocycles. The smallest absolute Gasteiger partial charge is 0.182 e. The number of benzene rings is 1. The first kappa shape index (κ1) is 16.0. The zero-order valence-electron chi connectivity index (χ0n) is 12.2. The van der Waals surface area contributed by atoms with Crippen molar-refractivity contribution in [1.82, 2.24) is 0 Å². The minimum Gasteiger partial charge on any atom is -0.507 e. The molecule has 0 bridgehead atoms. The third-order valence-corrected chi connectivity index (χ3v) is 6.31. The minimum absolute atomic E-state index is 0.0104. The molecule has 0 spiro atoms. The molecule has 19 heavy (non-hydrogen) atoms. The summed E-state index contributed by atoms with van der Waals surface area (Å²) in [5, 5.41) is 0.822. The molecule has 0 N–H and O–H groups in total. The first-order valence-electron chi connectivity index (χ1n) is 6.21. The van der Waals surface area contributed by atoms with Crippen LogP contribution < -0.4 is 0 Å². The molecular formula is C14H22O3SSi. The maximum Gasteiger partial charge on any atom is 0.182 e. The van der Waals surface area contributed by atoms with Crippen molar-refractivity contribution in [2.75, 3.05) is 12.9 Å².